The van der Waals surface area contributed by atoms with Gasteiger partial charge in [-0.05, 0) is 101 Å². The van der Waals surface area contributed by atoms with Gasteiger partial charge in [0.05, 0.1) is 73.8 Å². The van der Waals surface area contributed by atoms with Crippen molar-refractivity contribution in [2.75, 3.05) is 121 Å². The number of hydrazine groups is 1. The number of ketones is 4. The van der Waals surface area contributed by atoms with Crippen molar-refractivity contribution in [1.82, 2.24) is 62.6 Å². The van der Waals surface area contributed by atoms with Gasteiger partial charge in [0.1, 0.15) is 29.9 Å². The van der Waals surface area contributed by atoms with Gasteiger partial charge < -0.3 is 85.9 Å². The highest BCUT2D eigenvalue weighted by atomic mass is 33.1. The molecule has 9 heterocycles. The van der Waals surface area contributed by atoms with Crippen LogP contribution in [0, 0.1) is 29.1 Å². The third kappa shape index (κ3) is 17.0. The number of hydrogen-bond donors (Lipinski definition) is 14. The van der Waals surface area contributed by atoms with Crippen molar-refractivity contribution in [2.24, 2.45) is 29.1 Å². The molecule has 670 valence electrons. The number of benzene rings is 2. The number of para-hydroxylation sites is 1. The molecule has 18 atom stereocenters. The summed E-state index contributed by atoms with van der Waals surface area (Å²) in [6, 6.07) is 7.55. The molecule has 3 aromatic rings. The van der Waals surface area contributed by atoms with Crippen LogP contribution in [0.3, 0.4) is 0 Å². The molecule has 1 aromatic heterocycles. The first kappa shape index (κ1) is 92.4. The molecule has 0 radical (unpaired) electrons. The highest BCUT2D eigenvalue weighted by Crippen LogP contribution is 2.68. The average Bonchev–Trinajstić information content (AvgIpc) is 1.49. The number of Topliss-reactive ketones (excluding diaryl/α,β-unsaturated/α-hetero) is 4. The molecule has 1 spiro atoms. The summed E-state index contributed by atoms with van der Waals surface area (Å²) in [5, 5.41) is 75.1. The van der Waals surface area contributed by atoms with Gasteiger partial charge in [0.15, 0.2) is 17.2 Å². The van der Waals surface area contributed by atoms with Gasteiger partial charge >= 0.3 is 24.5 Å². The molecule has 5 amide bonds. The Morgan fingerprint density at radius 2 is 1.60 bits per heavy atom. The Bertz CT molecular complexity index is 4720. The van der Waals surface area contributed by atoms with Crippen LogP contribution >= 0.6 is 43.2 Å². The van der Waals surface area contributed by atoms with Gasteiger partial charge in [-0.25, -0.2) is 10.2 Å². The number of esters is 1. The number of likely N-dealkylation sites (N-methyl/N-ethyl adjacent to an activating group) is 1. The molecule has 2 aliphatic carbocycles. The van der Waals surface area contributed by atoms with Crippen molar-refractivity contribution in [1.29, 1.82) is 0 Å². The summed E-state index contributed by atoms with van der Waals surface area (Å²) in [6.07, 6.45) is 2.65. The van der Waals surface area contributed by atoms with E-state index in [9.17, 15) is 73.5 Å². The summed E-state index contributed by atoms with van der Waals surface area (Å²) in [4.78, 5) is 181. The molecule has 2 bridgehead atoms. The van der Waals surface area contributed by atoms with Crippen molar-refractivity contribution in [3.05, 3.63) is 93.5 Å². The lowest BCUT2D eigenvalue weighted by Gasteiger charge is -2.63. The van der Waals surface area contributed by atoms with Crippen molar-refractivity contribution >= 4 is 131 Å². The van der Waals surface area contributed by atoms with Crippen LogP contribution in [0.4, 0.5) is 10.5 Å². The standard InChI is InChI=1S/C85H115N13O21S4/c1-10-46(4)72(108)89-48(6)61(102)33-50(34-64(104)105)73(109)92-57(40-87-63(103)21-30-121-122-31-24-86-66-47(5)68(106)67-65(69(66)107)55(39-88-119-45-100)84(44-99)71-58(91-71)42-98(67)84)60(101)19-15-29-120-123-32-28-118-79(113)94-93-77(111)85(115)75-82(23-27-97-25-16-22-81(12-3,74(82)97)76(85)110)53-35-54(62(116-8)36-59(53)95(75)7)83(78(112)117-9)38-49-37-80(114,11-2)43-96(41-49)26-20-52-51-17-13-14-18-56(51)90-70(52)83/h13-14,16-18,22,35-36,45-46,48-50,55,57-58,71,74-76,86,88,90-91,99,110,114-115H,10-12,15,19-21,23-34,37-44H2,1-9H3,(H,87,103)(H,89,108)(H,92,109)(H,93,111)(H,94,113)(H,104,105)/t46-,48+,49-,50+,55-,57+,58+,71+,74+,75-,76-,80+,81-,82-,83+,84+,85+/m1/s1. The van der Waals surface area contributed by atoms with Crippen molar-refractivity contribution in [3.8, 4) is 5.75 Å². The zero-order valence-electron chi connectivity index (χ0n) is 70.8. The van der Waals surface area contributed by atoms with E-state index in [2.05, 4.69) is 57.7 Å². The number of carbonyl (C=O) groups is 12. The fourth-order valence-corrected chi connectivity index (χ4v) is 25.4. The number of rotatable bonds is 40. The first-order chi connectivity index (χ1) is 58.9. The third-order valence-electron chi connectivity index (χ3n) is 27.6. The Morgan fingerprint density at radius 1 is 0.846 bits per heavy atom. The van der Waals surface area contributed by atoms with E-state index in [0.29, 0.717) is 106 Å². The molecular weight excluding hydrogens is 1670 g/mol. The number of allylic oxidation sites excluding steroid dienone is 2. The van der Waals surface area contributed by atoms with E-state index in [4.69, 9.17) is 19.0 Å². The maximum atomic E-state index is 15.7. The molecule has 2 aromatic carbocycles. The smallest absolute Gasteiger partial charge is 0.426 e. The number of fused-ring (bicyclic) bond motifs is 10. The topological polar surface area (TPSA) is 478 Å². The molecule has 1 saturated carbocycles. The van der Waals surface area contributed by atoms with Crippen LogP contribution in [0.15, 0.2) is 71.1 Å². The lowest BCUT2D eigenvalue weighted by molar-refractivity contribution is -0.204. The predicted molar refractivity (Wildman–Crippen MR) is 461 cm³/mol. The summed E-state index contributed by atoms with van der Waals surface area (Å²) in [5.41, 5.74) is 3.76. The van der Waals surface area contributed by atoms with Gasteiger partial charge in [0, 0.05) is 181 Å². The summed E-state index contributed by atoms with van der Waals surface area (Å²) in [7, 11) is 10.0. The monoisotopic (exact) mass is 1780 g/mol. The number of H-pyrrole nitrogens is 1. The van der Waals surface area contributed by atoms with Crippen molar-refractivity contribution < 1.29 is 102 Å². The number of amides is 5. The van der Waals surface area contributed by atoms with Crippen LogP contribution in [-0.2, 0) is 84.3 Å². The van der Waals surface area contributed by atoms with E-state index < -0.39 is 159 Å². The van der Waals surface area contributed by atoms with E-state index in [1.807, 2.05) is 72.2 Å². The van der Waals surface area contributed by atoms with Gasteiger partial charge in [0.25, 0.3) is 5.91 Å². The Kier molecular flexibility index (Phi) is 28.6. The number of anilines is 1. The van der Waals surface area contributed by atoms with E-state index in [1.54, 1.807) is 27.8 Å². The minimum Gasteiger partial charge on any atom is -0.496 e. The molecule has 8 aliphatic heterocycles. The number of ether oxygens (including phenoxy) is 3. The predicted octanol–water partition coefficient (Wildman–Crippen LogP) is 2.67. The highest BCUT2D eigenvalue weighted by Gasteiger charge is 2.79. The lowest BCUT2D eigenvalue weighted by atomic mass is 9.47. The number of aliphatic hydroxyl groups excluding tert-OH is 2. The number of carboxylic acid groups (broad SMARTS) is 1. The minimum absolute atomic E-state index is 0.0251. The van der Waals surface area contributed by atoms with Gasteiger partial charge in [0.2, 0.25) is 29.3 Å². The fraction of sp³-hybridized carbons (Fsp3) is 0.624. The van der Waals surface area contributed by atoms with Crippen LogP contribution in [0.1, 0.15) is 135 Å². The third-order valence-corrected chi connectivity index (χ3v) is 32.5. The quantitative estimate of drug-likeness (QED) is 0.00448. The number of methoxy groups -OCH3 is 2. The number of aliphatic carboxylic acids is 1. The Hall–Kier alpha value is -8.28. The molecule has 10 aliphatic rings. The maximum Gasteiger partial charge on any atom is 0.426 e. The molecule has 14 N–H and O–H groups in total. The molecule has 38 heteroatoms. The number of hydrogen-bond acceptors (Lipinski definition) is 31. The Balaban J connectivity index is 0.625. The number of hydroxylamine groups is 1. The normalized spacial score (nSPS) is 29.7. The molecule has 4 saturated heterocycles. The number of aromatic nitrogens is 1. The fourth-order valence-electron chi connectivity index (χ4n) is 21.5. The first-order valence-corrected chi connectivity index (χ1v) is 47.4. The summed E-state index contributed by atoms with van der Waals surface area (Å²) in [5.74, 6) is -7.87. The average molecular weight is 1780 g/mol. The molecular formula is C85H115N13O21S4. The van der Waals surface area contributed by atoms with Crippen LogP contribution < -0.4 is 52.6 Å². The van der Waals surface area contributed by atoms with Crippen LogP contribution in [0.5, 0.6) is 5.75 Å². The zero-order chi connectivity index (χ0) is 88.4. The second-order valence-corrected chi connectivity index (χ2v) is 39.7. The van der Waals surface area contributed by atoms with Crippen LogP contribution in [0.25, 0.3) is 10.9 Å². The molecule has 123 heavy (non-hydrogen) atoms. The number of aromatic amines is 1. The Morgan fingerprint density at radius 3 is 2.33 bits per heavy atom. The number of nitrogens with one attached hydrogen (secondary N) is 9. The second kappa shape index (κ2) is 38.1. The SMILES string of the molecule is CC[C@@H](C)C(=O)N[C@@H](C)C(=O)C[C@@H](CC(=O)O)C(=O)N[C@@H](CNC(=O)CCSSCCNC1=C(C)C(=O)C2=C(C1=O)[C@@H](CNOC=O)[C@@]1(CO)[C@H]3N[C@H]3CN21)C(=O)CCCSSCCOC(=O)NNC(=O)[C@@]1(O)[C@H](O)[C@]2(CC)C=CCN3CC[C@@]4(c5cc([C@@]6(C(=O)OC)C[C@@H]7CN(CCc8c6[nH]c6ccccc86)C[C@](O)(CC)C7)c(OC)cc5N(C)[C@@H]14)[C@@H]32. The number of nitrogens with zero attached hydrogens (tertiary/aromatic N) is 4. The Labute approximate surface area is 729 Å². The second-order valence-electron chi connectivity index (χ2n) is 34.3. The lowest BCUT2D eigenvalue weighted by Crippen LogP contribution is -2.82. The minimum atomic E-state index is -2.65. The molecule has 1 unspecified atom stereocenters. The van der Waals surface area contributed by atoms with Gasteiger partial charge in [-0.2, -0.15) is 5.48 Å². The number of piperidine rings is 1. The van der Waals surface area contributed by atoms with E-state index in [-0.39, 0.29) is 123 Å². The van der Waals surface area contributed by atoms with E-state index in [1.165, 1.54) is 64.3 Å². The zero-order valence-corrected chi connectivity index (χ0v) is 74.1. The number of aliphatic hydroxyl groups is 4. The molecule has 34 nitrogen and oxygen atoms in total. The summed E-state index contributed by atoms with van der Waals surface area (Å²) >= 11 is 0. The largest absolute Gasteiger partial charge is 0.496 e. The number of carboxylic acids is 1. The molecule has 5 fully saturated rings. The van der Waals surface area contributed by atoms with E-state index in [0.717, 1.165) is 22.0 Å². The molecule has 13 rings (SSSR count). The summed E-state index contributed by atoms with van der Waals surface area (Å²) in [6.45, 7) is 13.1. The number of carbonyl (C=O) groups excluding carboxylic acids is 11. The van der Waals surface area contributed by atoms with Crippen LogP contribution in [0.2, 0.25) is 0 Å². The van der Waals surface area contributed by atoms with Gasteiger partial charge in [-0.3, -0.25) is 68.0 Å². The highest BCUT2D eigenvalue weighted by molar-refractivity contribution is 8.77. The maximum absolute atomic E-state index is 15.7. The van der Waals surface area contributed by atoms with E-state index >= 15 is 9.59 Å². The van der Waals surface area contributed by atoms with Crippen molar-refractivity contribution in [3.63, 3.8) is 0 Å². The summed E-state index contributed by atoms with van der Waals surface area (Å²) < 4.78 is 18.0. The van der Waals surface area contributed by atoms with Gasteiger partial charge in [-0.15, -0.1) is 0 Å². The van der Waals surface area contributed by atoms with Crippen molar-refractivity contribution in [2.45, 2.75) is 189 Å². The van der Waals surface area contributed by atoms with Crippen LogP contribution in [-0.4, -0.2) is 292 Å². The van der Waals surface area contributed by atoms with Gasteiger partial charge in [-0.1, -0.05) is 101 Å². The number of piperazine rings is 1. The first-order valence-electron chi connectivity index (χ1n) is 42.4.